The first-order valence-electron chi connectivity index (χ1n) is 6.10. The lowest BCUT2D eigenvalue weighted by atomic mass is 10.1. The van der Waals surface area contributed by atoms with E-state index in [0.717, 1.165) is 18.5 Å². The van der Waals surface area contributed by atoms with Crippen LogP contribution in [0.3, 0.4) is 0 Å². The Balaban J connectivity index is 2.31. The second-order valence-corrected chi connectivity index (χ2v) is 4.12. The van der Waals surface area contributed by atoms with Crippen molar-refractivity contribution in [2.45, 2.75) is 52.2 Å². The number of nitrogens with zero attached hydrogens (tertiary/aromatic N) is 1. The Morgan fingerprint density at radius 2 is 2.18 bits per heavy atom. The fourth-order valence-electron chi connectivity index (χ4n) is 1.50. The van der Waals surface area contributed by atoms with E-state index in [1.54, 1.807) is 6.07 Å². The summed E-state index contributed by atoms with van der Waals surface area (Å²) in [4.78, 5) is 11.8. The molecule has 1 atom stereocenters. The van der Waals surface area contributed by atoms with Crippen molar-refractivity contribution in [3.05, 3.63) is 18.0 Å². The van der Waals surface area contributed by atoms with Crippen molar-refractivity contribution in [2.24, 2.45) is 0 Å². The molecule has 0 aliphatic heterocycles. The zero-order chi connectivity index (χ0) is 12.7. The zero-order valence-electron chi connectivity index (χ0n) is 10.7. The Morgan fingerprint density at radius 3 is 2.71 bits per heavy atom. The first-order chi connectivity index (χ1) is 8.17. The number of hydrogen-bond donors (Lipinski definition) is 2. The van der Waals surface area contributed by atoms with Crippen molar-refractivity contribution in [1.82, 2.24) is 15.8 Å². The molecular formula is C12H21N3O2. The average Bonchev–Trinajstić information content (AvgIpc) is 2.85. The molecule has 0 aromatic carbocycles. The molecule has 0 fully saturated rings. The fourth-order valence-corrected chi connectivity index (χ4v) is 1.50. The van der Waals surface area contributed by atoms with Crippen LogP contribution in [0.15, 0.2) is 16.9 Å². The van der Waals surface area contributed by atoms with Gasteiger partial charge in [-0.05, 0) is 19.8 Å². The van der Waals surface area contributed by atoms with E-state index in [1.165, 1.54) is 6.26 Å². The third-order valence-electron chi connectivity index (χ3n) is 2.81. The number of carbonyl (C=O) groups is 1. The van der Waals surface area contributed by atoms with Gasteiger partial charge in [0.05, 0.1) is 11.7 Å². The summed E-state index contributed by atoms with van der Waals surface area (Å²) < 4.78 is 4.72. The minimum atomic E-state index is -0.229. The molecule has 2 N–H and O–H groups in total. The van der Waals surface area contributed by atoms with Crippen LogP contribution in [0.5, 0.6) is 0 Å². The Bertz CT molecular complexity index is 321. The number of nitrogens with one attached hydrogen (secondary N) is 2. The highest BCUT2D eigenvalue weighted by molar-refractivity contribution is 5.81. The molecular weight excluding hydrogens is 218 g/mol. The van der Waals surface area contributed by atoms with Gasteiger partial charge in [0, 0.05) is 18.7 Å². The lowest BCUT2D eigenvalue weighted by Crippen LogP contribution is -2.45. The highest BCUT2D eigenvalue weighted by Gasteiger charge is 2.15. The Kier molecular flexibility index (Phi) is 5.69. The normalized spacial score (nSPS) is 12.7. The van der Waals surface area contributed by atoms with Crippen LogP contribution in [0.4, 0.5) is 0 Å². The molecule has 0 radical (unpaired) electrons. The molecule has 0 bridgehead atoms. The molecule has 1 aromatic rings. The summed E-state index contributed by atoms with van der Waals surface area (Å²) in [6.07, 6.45) is 3.43. The molecule has 0 aliphatic carbocycles. The quantitative estimate of drug-likeness (QED) is 0.756. The number of hydrogen-bond acceptors (Lipinski definition) is 4. The Labute approximate surface area is 102 Å². The Morgan fingerprint density at radius 1 is 1.47 bits per heavy atom. The number of rotatable bonds is 7. The molecule has 1 heterocycles. The van der Waals surface area contributed by atoms with Gasteiger partial charge in [-0.3, -0.25) is 4.79 Å². The van der Waals surface area contributed by atoms with Gasteiger partial charge in [-0.25, -0.2) is 0 Å². The van der Waals surface area contributed by atoms with Crippen molar-refractivity contribution in [3.63, 3.8) is 0 Å². The summed E-state index contributed by atoms with van der Waals surface area (Å²) in [6, 6.07) is 1.81. The molecule has 1 amide bonds. The van der Waals surface area contributed by atoms with Crippen molar-refractivity contribution < 1.29 is 9.32 Å². The van der Waals surface area contributed by atoms with Crippen LogP contribution in [0.2, 0.25) is 0 Å². The summed E-state index contributed by atoms with van der Waals surface area (Å²) in [5, 5.41) is 9.88. The highest BCUT2D eigenvalue weighted by Crippen LogP contribution is 1.98. The monoisotopic (exact) mass is 239 g/mol. The maximum atomic E-state index is 11.8. The summed E-state index contributed by atoms with van der Waals surface area (Å²) >= 11 is 0. The van der Waals surface area contributed by atoms with Crippen molar-refractivity contribution >= 4 is 5.91 Å². The van der Waals surface area contributed by atoms with E-state index in [2.05, 4.69) is 29.6 Å². The smallest absolute Gasteiger partial charge is 0.237 e. The molecule has 17 heavy (non-hydrogen) atoms. The van der Waals surface area contributed by atoms with Gasteiger partial charge in [0.15, 0.2) is 0 Å². The minimum absolute atomic E-state index is 0.0298. The van der Waals surface area contributed by atoms with Gasteiger partial charge in [-0.15, -0.1) is 0 Å². The number of amides is 1. The summed E-state index contributed by atoms with van der Waals surface area (Å²) in [5.74, 6) is 0.0298. The first-order valence-corrected chi connectivity index (χ1v) is 6.10. The van der Waals surface area contributed by atoms with E-state index >= 15 is 0 Å². The van der Waals surface area contributed by atoms with Gasteiger partial charge in [-0.2, -0.15) is 0 Å². The van der Waals surface area contributed by atoms with Gasteiger partial charge < -0.3 is 15.2 Å². The van der Waals surface area contributed by atoms with E-state index in [1.807, 2.05) is 6.92 Å². The van der Waals surface area contributed by atoms with Gasteiger partial charge in [0.2, 0.25) is 5.91 Å². The van der Waals surface area contributed by atoms with Crippen LogP contribution in [0.25, 0.3) is 0 Å². The molecule has 1 rings (SSSR count). The predicted octanol–water partition coefficient (Wildman–Crippen LogP) is 1.46. The van der Waals surface area contributed by atoms with Crippen LogP contribution in [-0.4, -0.2) is 23.1 Å². The lowest BCUT2D eigenvalue weighted by molar-refractivity contribution is -0.123. The van der Waals surface area contributed by atoms with Gasteiger partial charge in [0.1, 0.15) is 6.26 Å². The largest absolute Gasteiger partial charge is 0.364 e. The standard InChI is InChI=1S/C12H21N3O2/c1-4-10(5-2)14-12(16)9(3)13-8-11-6-7-17-15-11/h6-7,9-10,13H,4-5,8H2,1-3H3,(H,14,16). The van der Waals surface area contributed by atoms with Crippen LogP contribution >= 0.6 is 0 Å². The molecule has 1 aromatic heterocycles. The number of aromatic nitrogens is 1. The molecule has 0 saturated carbocycles. The summed E-state index contributed by atoms with van der Waals surface area (Å²) in [7, 11) is 0. The van der Waals surface area contributed by atoms with Gasteiger partial charge in [-0.1, -0.05) is 19.0 Å². The SMILES string of the molecule is CCC(CC)NC(=O)C(C)NCc1ccon1. The van der Waals surface area contributed by atoms with Crippen molar-refractivity contribution in [2.75, 3.05) is 0 Å². The number of carbonyl (C=O) groups excluding carboxylic acids is 1. The van der Waals surface area contributed by atoms with Gasteiger partial charge in [0.25, 0.3) is 0 Å². The minimum Gasteiger partial charge on any atom is -0.364 e. The van der Waals surface area contributed by atoms with Gasteiger partial charge >= 0.3 is 0 Å². The third-order valence-corrected chi connectivity index (χ3v) is 2.81. The highest BCUT2D eigenvalue weighted by atomic mass is 16.5. The second kappa shape index (κ2) is 7.06. The molecule has 0 saturated heterocycles. The van der Waals surface area contributed by atoms with Crippen molar-refractivity contribution in [3.8, 4) is 0 Å². The average molecular weight is 239 g/mol. The van der Waals surface area contributed by atoms with Crippen molar-refractivity contribution in [1.29, 1.82) is 0 Å². The second-order valence-electron chi connectivity index (χ2n) is 4.12. The molecule has 96 valence electrons. The maximum absolute atomic E-state index is 11.8. The molecule has 5 nitrogen and oxygen atoms in total. The predicted molar refractivity (Wildman–Crippen MR) is 65.3 cm³/mol. The maximum Gasteiger partial charge on any atom is 0.237 e. The zero-order valence-corrected chi connectivity index (χ0v) is 10.7. The fraction of sp³-hybridized carbons (Fsp3) is 0.667. The third kappa shape index (κ3) is 4.56. The van der Waals surface area contributed by atoms with E-state index < -0.39 is 0 Å². The summed E-state index contributed by atoms with van der Waals surface area (Å²) in [5.41, 5.74) is 0.798. The lowest BCUT2D eigenvalue weighted by Gasteiger charge is -2.18. The van der Waals surface area contributed by atoms with Crippen LogP contribution < -0.4 is 10.6 Å². The van der Waals surface area contributed by atoms with Crippen LogP contribution in [0, 0.1) is 0 Å². The molecule has 0 spiro atoms. The molecule has 1 unspecified atom stereocenters. The van der Waals surface area contributed by atoms with E-state index in [9.17, 15) is 4.79 Å². The van der Waals surface area contributed by atoms with E-state index in [-0.39, 0.29) is 18.0 Å². The topological polar surface area (TPSA) is 67.2 Å². The first kappa shape index (κ1) is 13.7. The van der Waals surface area contributed by atoms with Crippen LogP contribution in [0.1, 0.15) is 39.3 Å². The van der Waals surface area contributed by atoms with E-state index in [0.29, 0.717) is 6.54 Å². The summed E-state index contributed by atoms with van der Waals surface area (Å²) in [6.45, 7) is 6.52. The molecule has 5 heteroatoms. The van der Waals surface area contributed by atoms with E-state index in [4.69, 9.17) is 4.52 Å². The van der Waals surface area contributed by atoms with Crippen LogP contribution in [-0.2, 0) is 11.3 Å². The molecule has 0 aliphatic rings. The Hall–Kier alpha value is -1.36.